The highest BCUT2D eigenvalue weighted by Gasteiger charge is 2.41. The van der Waals surface area contributed by atoms with Crippen LogP contribution in [0.3, 0.4) is 0 Å². The van der Waals surface area contributed by atoms with Gasteiger partial charge in [0, 0.05) is 29.7 Å². The van der Waals surface area contributed by atoms with Gasteiger partial charge in [-0.05, 0) is 38.4 Å². The normalized spacial score (nSPS) is 14.3. The number of amides is 1. The third-order valence-corrected chi connectivity index (χ3v) is 5.93. The van der Waals surface area contributed by atoms with Crippen LogP contribution in [-0.4, -0.2) is 51.6 Å². The number of aryl methyl sites for hydroxylation is 1. The van der Waals surface area contributed by atoms with E-state index in [4.69, 9.17) is 11.6 Å². The van der Waals surface area contributed by atoms with Gasteiger partial charge in [-0.25, -0.2) is 4.52 Å². The van der Waals surface area contributed by atoms with Gasteiger partial charge in [0.1, 0.15) is 11.1 Å². The van der Waals surface area contributed by atoms with Crippen LogP contribution < -0.4 is 10.9 Å². The molecule has 0 saturated heterocycles. The molecule has 2 aromatic heterocycles. The van der Waals surface area contributed by atoms with E-state index < -0.39 is 34.4 Å². The first-order chi connectivity index (χ1) is 15.1. The first-order valence-electron chi connectivity index (χ1n) is 10.0. The Morgan fingerprint density at radius 1 is 1.38 bits per heavy atom. The van der Waals surface area contributed by atoms with Crippen molar-refractivity contribution in [1.29, 1.82) is 0 Å². The molecule has 1 fully saturated rings. The molecule has 7 nitrogen and oxygen atoms in total. The van der Waals surface area contributed by atoms with Gasteiger partial charge in [0.2, 0.25) is 0 Å². The lowest BCUT2D eigenvalue weighted by atomic mass is 10.1. The molecule has 4 rings (SSSR count). The Balaban J connectivity index is 1.72. The molecular weight excluding hydrogens is 447 g/mol. The zero-order valence-corrected chi connectivity index (χ0v) is 18.1. The molecule has 0 atom stereocenters. The first kappa shape index (κ1) is 22.3. The molecular formula is C21H21ClF3N5O2. The van der Waals surface area contributed by atoms with Crippen LogP contribution in [0.2, 0.25) is 5.02 Å². The number of rotatable bonds is 6. The van der Waals surface area contributed by atoms with Crippen LogP contribution in [-0.2, 0) is 6.18 Å². The van der Waals surface area contributed by atoms with Crippen molar-refractivity contribution in [3.63, 3.8) is 0 Å². The molecule has 2 N–H and O–H groups in total. The SMILES string of the molecule is Cc1ccc(-c2cn3nc(C(=O)NCCN(C)C4CC4)c(C(F)(F)F)c3c(=O)[nH]2)cc1Cl. The van der Waals surface area contributed by atoms with Gasteiger partial charge >= 0.3 is 6.18 Å². The predicted molar refractivity (Wildman–Crippen MR) is 114 cm³/mol. The number of H-pyrrole nitrogens is 1. The van der Waals surface area contributed by atoms with Gasteiger partial charge in [-0.15, -0.1) is 0 Å². The summed E-state index contributed by atoms with van der Waals surface area (Å²) in [5, 5.41) is 6.75. The minimum atomic E-state index is -4.94. The molecule has 3 aromatic rings. The summed E-state index contributed by atoms with van der Waals surface area (Å²) in [7, 11) is 1.90. The molecule has 1 aromatic carbocycles. The molecule has 0 aliphatic heterocycles. The highest BCUT2D eigenvalue weighted by atomic mass is 35.5. The maximum Gasteiger partial charge on any atom is 0.421 e. The zero-order valence-electron chi connectivity index (χ0n) is 17.4. The minimum Gasteiger partial charge on any atom is -0.349 e. The average molecular weight is 468 g/mol. The van der Waals surface area contributed by atoms with E-state index in [1.807, 2.05) is 11.9 Å². The molecule has 0 bridgehead atoms. The van der Waals surface area contributed by atoms with Crippen molar-refractivity contribution in [2.75, 3.05) is 20.1 Å². The van der Waals surface area contributed by atoms with Gasteiger partial charge in [0.15, 0.2) is 5.69 Å². The lowest BCUT2D eigenvalue weighted by Gasteiger charge is -2.15. The monoisotopic (exact) mass is 467 g/mol. The number of benzene rings is 1. The van der Waals surface area contributed by atoms with E-state index in [1.54, 1.807) is 25.1 Å². The molecule has 0 spiro atoms. The summed E-state index contributed by atoms with van der Waals surface area (Å²) >= 11 is 6.13. The molecule has 2 heterocycles. The third-order valence-electron chi connectivity index (χ3n) is 5.53. The summed E-state index contributed by atoms with van der Waals surface area (Å²) < 4.78 is 42.3. The van der Waals surface area contributed by atoms with Crippen LogP contribution in [0.5, 0.6) is 0 Å². The van der Waals surface area contributed by atoms with Crippen LogP contribution in [0.15, 0.2) is 29.2 Å². The number of halogens is 4. The Morgan fingerprint density at radius 2 is 2.09 bits per heavy atom. The van der Waals surface area contributed by atoms with E-state index in [9.17, 15) is 22.8 Å². The number of carbonyl (C=O) groups is 1. The molecule has 0 unspecified atom stereocenters. The summed E-state index contributed by atoms with van der Waals surface area (Å²) in [6.07, 6.45) is -1.55. The second kappa shape index (κ2) is 8.25. The summed E-state index contributed by atoms with van der Waals surface area (Å²) in [5.74, 6) is -0.982. The van der Waals surface area contributed by atoms with Crippen molar-refractivity contribution in [2.45, 2.75) is 32.0 Å². The number of hydrogen-bond acceptors (Lipinski definition) is 4. The standard InChI is InChI=1S/C21H21ClF3N5O2/c1-11-3-4-12(9-14(11)22)15-10-30-18(20(32)27-15)16(21(23,24)25)17(28-30)19(31)26-7-8-29(2)13-5-6-13/h3-4,9-10,13H,5-8H2,1-2H3,(H,26,31)(H,27,32). The number of likely N-dealkylation sites (N-methyl/N-ethyl adjacent to an activating group) is 1. The van der Waals surface area contributed by atoms with Crippen molar-refractivity contribution < 1.29 is 18.0 Å². The summed E-state index contributed by atoms with van der Waals surface area (Å²) in [5.41, 5.74) is -2.41. The van der Waals surface area contributed by atoms with Crippen LogP contribution in [0.4, 0.5) is 13.2 Å². The second-order valence-corrected chi connectivity index (χ2v) is 8.35. The number of fused-ring (bicyclic) bond motifs is 1. The van der Waals surface area contributed by atoms with Gasteiger partial charge in [0.25, 0.3) is 11.5 Å². The van der Waals surface area contributed by atoms with Crippen molar-refractivity contribution in [1.82, 2.24) is 24.8 Å². The highest BCUT2D eigenvalue weighted by Crippen LogP contribution is 2.34. The average Bonchev–Trinajstić information content (AvgIpc) is 3.48. The number of hydrogen-bond donors (Lipinski definition) is 2. The van der Waals surface area contributed by atoms with Crippen LogP contribution in [0, 0.1) is 6.92 Å². The van der Waals surface area contributed by atoms with E-state index in [2.05, 4.69) is 15.4 Å². The second-order valence-electron chi connectivity index (χ2n) is 7.94. The van der Waals surface area contributed by atoms with Crippen molar-refractivity contribution >= 4 is 23.0 Å². The van der Waals surface area contributed by atoms with Crippen molar-refractivity contribution in [3.05, 3.63) is 56.6 Å². The summed E-state index contributed by atoms with van der Waals surface area (Å²) in [4.78, 5) is 29.7. The molecule has 1 aliphatic rings. The van der Waals surface area contributed by atoms with Gasteiger partial charge in [-0.1, -0.05) is 23.7 Å². The van der Waals surface area contributed by atoms with Gasteiger partial charge in [0.05, 0.1) is 11.9 Å². The molecule has 11 heteroatoms. The fraction of sp³-hybridized carbons (Fsp3) is 0.381. The maximum atomic E-state index is 13.8. The summed E-state index contributed by atoms with van der Waals surface area (Å²) in [6, 6.07) is 5.45. The number of aromatic nitrogens is 3. The number of aromatic amines is 1. The number of nitrogens with one attached hydrogen (secondary N) is 2. The fourth-order valence-corrected chi connectivity index (χ4v) is 3.72. The Bertz CT molecular complexity index is 1250. The Kier molecular flexibility index (Phi) is 5.76. The third kappa shape index (κ3) is 4.37. The van der Waals surface area contributed by atoms with Gasteiger partial charge in [-0.2, -0.15) is 18.3 Å². The van der Waals surface area contributed by atoms with E-state index in [1.165, 1.54) is 6.20 Å². The Morgan fingerprint density at radius 3 is 2.72 bits per heavy atom. The smallest absolute Gasteiger partial charge is 0.349 e. The molecule has 1 saturated carbocycles. The van der Waals surface area contributed by atoms with E-state index in [0.29, 0.717) is 23.2 Å². The highest BCUT2D eigenvalue weighted by molar-refractivity contribution is 6.31. The molecule has 0 radical (unpaired) electrons. The van der Waals surface area contributed by atoms with Gasteiger partial charge < -0.3 is 15.2 Å². The Hall–Kier alpha value is -2.85. The van der Waals surface area contributed by atoms with E-state index >= 15 is 0 Å². The number of nitrogens with zero attached hydrogens (tertiary/aromatic N) is 3. The Labute approximate surface area is 186 Å². The topological polar surface area (TPSA) is 82.5 Å². The van der Waals surface area contributed by atoms with E-state index in [-0.39, 0.29) is 12.2 Å². The van der Waals surface area contributed by atoms with Crippen molar-refractivity contribution in [2.24, 2.45) is 0 Å². The minimum absolute atomic E-state index is 0.167. The van der Waals surface area contributed by atoms with E-state index in [0.717, 1.165) is 22.9 Å². The number of alkyl halides is 3. The molecule has 32 heavy (non-hydrogen) atoms. The lowest BCUT2D eigenvalue weighted by Crippen LogP contribution is -2.34. The molecule has 1 amide bonds. The largest absolute Gasteiger partial charge is 0.421 e. The maximum absolute atomic E-state index is 13.8. The fourth-order valence-electron chi connectivity index (χ4n) is 3.54. The quantitative estimate of drug-likeness (QED) is 0.581. The first-order valence-corrected chi connectivity index (χ1v) is 10.4. The van der Waals surface area contributed by atoms with Gasteiger partial charge in [-0.3, -0.25) is 9.59 Å². The van der Waals surface area contributed by atoms with Crippen LogP contribution >= 0.6 is 11.6 Å². The van der Waals surface area contributed by atoms with Crippen LogP contribution in [0.25, 0.3) is 16.8 Å². The van der Waals surface area contributed by atoms with Crippen molar-refractivity contribution in [3.8, 4) is 11.3 Å². The summed E-state index contributed by atoms with van der Waals surface area (Å²) in [6.45, 7) is 2.47. The zero-order chi connectivity index (χ0) is 23.2. The molecule has 170 valence electrons. The number of carbonyl (C=O) groups excluding carboxylic acids is 1. The predicted octanol–water partition coefficient (Wildman–Crippen LogP) is 3.49. The van der Waals surface area contributed by atoms with Crippen LogP contribution in [0.1, 0.15) is 34.5 Å². The lowest BCUT2D eigenvalue weighted by molar-refractivity contribution is -0.136. The molecule has 1 aliphatic carbocycles.